The molecule has 3 nitrogen and oxygen atoms in total. The number of amides is 1. The molecule has 106 valence electrons. The molecule has 1 aliphatic rings. The van der Waals surface area contributed by atoms with E-state index < -0.39 is 0 Å². The van der Waals surface area contributed by atoms with Gasteiger partial charge in [0.25, 0.3) is 0 Å². The fourth-order valence-corrected chi connectivity index (χ4v) is 3.10. The highest BCUT2D eigenvalue weighted by atomic mass is 16.2. The molecule has 0 radical (unpaired) electrons. The van der Waals surface area contributed by atoms with E-state index in [2.05, 4.69) is 13.8 Å². The van der Waals surface area contributed by atoms with Crippen molar-refractivity contribution in [1.82, 2.24) is 4.90 Å². The van der Waals surface area contributed by atoms with Crippen LogP contribution in [0, 0.1) is 11.8 Å². The Balaban J connectivity index is 2.36. The SMILES string of the molecule is CCC(CC)N(C)C(=O)CC1CCC(CN)CC1. The number of nitrogens with zero attached hydrogens (tertiary/aromatic N) is 1. The molecule has 1 aliphatic carbocycles. The first kappa shape index (κ1) is 15.5. The van der Waals surface area contributed by atoms with Crippen LogP contribution < -0.4 is 5.73 Å². The Morgan fingerprint density at radius 3 is 2.11 bits per heavy atom. The summed E-state index contributed by atoms with van der Waals surface area (Å²) in [7, 11) is 1.96. The molecule has 2 N–H and O–H groups in total. The van der Waals surface area contributed by atoms with E-state index in [1.54, 1.807) is 0 Å². The lowest BCUT2D eigenvalue weighted by Crippen LogP contribution is -2.37. The Hall–Kier alpha value is -0.570. The monoisotopic (exact) mass is 254 g/mol. The average molecular weight is 254 g/mol. The molecule has 0 spiro atoms. The van der Waals surface area contributed by atoms with Crippen LogP contribution in [0.15, 0.2) is 0 Å². The van der Waals surface area contributed by atoms with Gasteiger partial charge in [0.05, 0.1) is 0 Å². The molecule has 0 atom stereocenters. The molecule has 1 amide bonds. The van der Waals surface area contributed by atoms with Gasteiger partial charge in [0.15, 0.2) is 0 Å². The van der Waals surface area contributed by atoms with E-state index in [1.165, 1.54) is 25.7 Å². The van der Waals surface area contributed by atoms with Crippen LogP contribution in [-0.4, -0.2) is 30.4 Å². The summed E-state index contributed by atoms with van der Waals surface area (Å²) in [6, 6.07) is 0.415. The summed E-state index contributed by atoms with van der Waals surface area (Å²) in [6.07, 6.45) is 7.64. The Morgan fingerprint density at radius 2 is 1.67 bits per heavy atom. The molecule has 0 heterocycles. The van der Waals surface area contributed by atoms with Gasteiger partial charge in [-0.3, -0.25) is 4.79 Å². The zero-order valence-electron chi connectivity index (χ0n) is 12.3. The molecule has 3 heteroatoms. The number of hydrogen-bond donors (Lipinski definition) is 1. The van der Waals surface area contributed by atoms with Crippen LogP contribution in [0.4, 0.5) is 0 Å². The van der Waals surface area contributed by atoms with E-state index in [4.69, 9.17) is 5.73 Å². The standard InChI is InChI=1S/C15H30N2O/c1-4-14(5-2)17(3)15(18)10-12-6-8-13(11-16)9-7-12/h12-14H,4-11,16H2,1-3H3. The average Bonchev–Trinajstić information content (AvgIpc) is 2.40. The second-order valence-corrected chi connectivity index (χ2v) is 5.80. The molecule has 0 saturated heterocycles. The van der Waals surface area contributed by atoms with E-state index in [0.29, 0.717) is 23.8 Å². The highest BCUT2D eigenvalue weighted by Crippen LogP contribution is 2.30. The van der Waals surface area contributed by atoms with Gasteiger partial charge in [0, 0.05) is 19.5 Å². The Morgan fingerprint density at radius 1 is 1.17 bits per heavy atom. The summed E-state index contributed by atoms with van der Waals surface area (Å²) in [5.74, 6) is 1.63. The Bertz CT molecular complexity index is 243. The third kappa shape index (κ3) is 4.27. The number of carbonyl (C=O) groups is 1. The van der Waals surface area contributed by atoms with E-state index in [-0.39, 0.29) is 0 Å². The van der Waals surface area contributed by atoms with E-state index >= 15 is 0 Å². The third-order valence-electron chi connectivity index (χ3n) is 4.65. The normalized spacial score (nSPS) is 24.3. The number of nitrogens with two attached hydrogens (primary N) is 1. The molecule has 0 aliphatic heterocycles. The van der Waals surface area contributed by atoms with Gasteiger partial charge in [-0.05, 0) is 56.9 Å². The van der Waals surface area contributed by atoms with Gasteiger partial charge in [-0.15, -0.1) is 0 Å². The number of hydrogen-bond acceptors (Lipinski definition) is 2. The van der Waals surface area contributed by atoms with Crippen molar-refractivity contribution in [3.05, 3.63) is 0 Å². The predicted octanol–water partition coefficient (Wildman–Crippen LogP) is 2.79. The Kier molecular flexibility index (Phi) is 6.69. The minimum Gasteiger partial charge on any atom is -0.343 e. The van der Waals surface area contributed by atoms with Crippen molar-refractivity contribution in [2.24, 2.45) is 17.6 Å². The van der Waals surface area contributed by atoms with Crippen LogP contribution >= 0.6 is 0 Å². The first-order valence-corrected chi connectivity index (χ1v) is 7.58. The molecule has 0 bridgehead atoms. The summed E-state index contributed by atoms with van der Waals surface area (Å²) < 4.78 is 0. The lowest BCUT2D eigenvalue weighted by atomic mass is 9.80. The predicted molar refractivity (Wildman–Crippen MR) is 76.3 cm³/mol. The quantitative estimate of drug-likeness (QED) is 0.792. The first-order chi connectivity index (χ1) is 8.62. The zero-order valence-corrected chi connectivity index (χ0v) is 12.3. The topological polar surface area (TPSA) is 46.3 Å². The summed E-state index contributed by atoms with van der Waals surface area (Å²) in [6.45, 7) is 5.13. The maximum absolute atomic E-state index is 12.2. The largest absolute Gasteiger partial charge is 0.343 e. The zero-order chi connectivity index (χ0) is 13.5. The van der Waals surface area contributed by atoms with E-state index in [9.17, 15) is 4.79 Å². The second kappa shape index (κ2) is 7.78. The summed E-state index contributed by atoms with van der Waals surface area (Å²) in [5, 5.41) is 0. The molecule has 18 heavy (non-hydrogen) atoms. The van der Waals surface area contributed by atoms with Gasteiger partial charge in [-0.1, -0.05) is 13.8 Å². The molecule has 1 rings (SSSR count). The van der Waals surface area contributed by atoms with E-state index in [0.717, 1.165) is 25.8 Å². The summed E-state index contributed by atoms with van der Waals surface area (Å²) >= 11 is 0. The van der Waals surface area contributed by atoms with Crippen molar-refractivity contribution in [3.63, 3.8) is 0 Å². The molecule has 0 unspecified atom stereocenters. The molecule has 1 fully saturated rings. The lowest BCUT2D eigenvalue weighted by Gasteiger charge is -2.31. The van der Waals surface area contributed by atoms with Crippen molar-refractivity contribution < 1.29 is 4.79 Å². The van der Waals surface area contributed by atoms with Gasteiger partial charge in [-0.2, -0.15) is 0 Å². The van der Waals surface area contributed by atoms with Crippen LogP contribution in [0.1, 0.15) is 58.8 Å². The van der Waals surface area contributed by atoms with Crippen LogP contribution in [0.3, 0.4) is 0 Å². The third-order valence-corrected chi connectivity index (χ3v) is 4.65. The van der Waals surface area contributed by atoms with Crippen molar-refractivity contribution in [2.75, 3.05) is 13.6 Å². The Labute approximate surface area is 112 Å². The maximum atomic E-state index is 12.2. The first-order valence-electron chi connectivity index (χ1n) is 7.58. The molecule has 0 aromatic heterocycles. The fourth-order valence-electron chi connectivity index (χ4n) is 3.10. The molecular formula is C15H30N2O. The van der Waals surface area contributed by atoms with Crippen LogP contribution in [0.5, 0.6) is 0 Å². The highest BCUT2D eigenvalue weighted by Gasteiger charge is 2.25. The van der Waals surface area contributed by atoms with Gasteiger partial charge < -0.3 is 10.6 Å². The van der Waals surface area contributed by atoms with E-state index in [1.807, 2.05) is 11.9 Å². The minimum absolute atomic E-state index is 0.333. The molecular weight excluding hydrogens is 224 g/mol. The summed E-state index contributed by atoms with van der Waals surface area (Å²) in [5.41, 5.74) is 5.70. The van der Waals surface area contributed by atoms with Gasteiger partial charge in [0.2, 0.25) is 5.91 Å². The highest BCUT2D eigenvalue weighted by molar-refractivity contribution is 5.76. The maximum Gasteiger partial charge on any atom is 0.222 e. The number of rotatable bonds is 6. The van der Waals surface area contributed by atoms with Crippen molar-refractivity contribution in [2.45, 2.75) is 64.8 Å². The van der Waals surface area contributed by atoms with Crippen molar-refractivity contribution in [1.29, 1.82) is 0 Å². The van der Waals surface area contributed by atoms with Crippen LogP contribution in [0.25, 0.3) is 0 Å². The van der Waals surface area contributed by atoms with Gasteiger partial charge >= 0.3 is 0 Å². The van der Waals surface area contributed by atoms with Gasteiger partial charge in [-0.25, -0.2) is 0 Å². The smallest absolute Gasteiger partial charge is 0.222 e. The molecule has 0 aromatic carbocycles. The minimum atomic E-state index is 0.333. The second-order valence-electron chi connectivity index (χ2n) is 5.80. The van der Waals surface area contributed by atoms with Crippen molar-refractivity contribution >= 4 is 5.91 Å². The molecule has 1 saturated carbocycles. The van der Waals surface area contributed by atoms with Crippen LogP contribution in [-0.2, 0) is 4.79 Å². The molecule has 0 aromatic rings. The van der Waals surface area contributed by atoms with Crippen LogP contribution in [0.2, 0.25) is 0 Å². The lowest BCUT2D eigenvalue weighted by molar-refractivity contribution is -0.133. The van der Waals surface area contributed by atoms with Gasteiger partial charge in [0.1, 0.15) is 0 Å². The fraction of sp³-hybridized carbons (Fsp3) is 0.933. The van der Waals surface area contributed by atoms with Crippen molar-refractivity contribution in [3.8, 4) is 0 Å². The summed E-state index contributed by atoms with van der Waals surface area (Å²) in [4.78, 5) is 14.2. The number of carbonyl (C=O) groups excluding carboxylic acids is 1.